The fourth-order valence-electron chi connectivity index (χ4n) is 2.25. The van der Waals surface area contributed by atoms with Gasteiger partial charge in [0.05, 0.1) is 18.3 Å². The van der Waals surface area contributed by atoms with E-state index in [4.69, 9.17) is 9.47 Å². The highest BCUT2D eigenvalue weighted by atomic mass is 16.5. The second kappa shape index (κ2) is 9.30. The fourth-order valence-corrected chi connectivity index (χ4v) is 2.25. The van der Waals surface area contributed by atoms with Crippen molar-refractivity contribution in [1.29, 1.82) is 0 Å². The third kappa shape index (κ3) is 7.94. The van der Waals surface area contributed by atoms with Crippen LogP contribution in [-0.2, 0) is 23.1 Å². The Balaban J connectivity index is 2.51. The smallest absolute Gasteiger partial charge is 0.0900 e. The highest BCUT2D eigenvalue weighted by Gasteiger charge is 2.17. The molecule has 1 aromatic heterocycles. The first-order chi connectivity index (χ1) is 10.3. The Hall–Kier alpha value is -0.880. The minimum Gasteiger partial charge on any atom is -0.389 e. The number of aromatic nitrogens is 1. The maximum absolute atomic E-state index is 10.2. The first-order valence-corrected chi connectivity index (χ1v) is 7.95. The zero-order chi connectivity index (χ0) is 16.6. The molecule has 5 heteroatoms. The van der Waals surface area contributed by atoms with E-state index in [9.17, 15) is 5.11 Å². The lowest BCUT2D eigenvalue weighted by atomic mass is 10.2. The Labute approximate surface area is 134 Å². The first kappa shape index (κ1) is 19.2. The maximum Gasteiger partial charge on any atom is 0.0900 e. The number of aryl methyl sites for hydroxylation is 1. The van der Waals surface area contributed by atoms with Crippen molar-refractivity contribution in [3.8, 4) is 0 Å². The van der Waals surface area contributed by atoms with Gasteiger partial charge in [-0.3, -0.25) is 4.90 Å². The third-order valence-electron chi connectivity index (χ3n) is 3.44. The predicted molar refractivity (Wildman–Crippen MR) is 88.9 cm³/mol. The molecule has 0 fully saturated rings. The predicted octanol–water partition coefficient (Wildman–Crippen LogP) is 2.04. The number of hydrogen-bond acceptors (Lipinski definition) is 4. The van der Waals surface area contributed by atoms with Crippen LogP contribution in [0.2, 0.25) is 0 Å². The number of aliphatic hydroxyl groups excluding tert-OH is 1. The van der Waals surface area contributed by atoms with Gasteiger partial charge in [0.15, 0.2) is 0 Å². The van der Waals surface area contributed by atoms with E-state index in [1.807, 2.05) is 40.1 Å². The summed E-state index contributed by atoms with van der Waals surface area (Å²) in [6.07, 6.45) is 2.51. The van der Waals surface area contributed by atoms with Crippen LogP contribution in [-0.4, -0.2) is 59.7 Å². The van der Waals surface area contributed by atoms with E-state index in [0.29, 0.717) is 13.2 Å². The summed E-state index contributed by atoms with van der Waals surface area (Å²) in [4.78, 5) is 2.26. The van der Waals surface area contributed by atoms with Gasteiger partial charge in [-0.05, 0) is 39.3 Å². The van der Waals surface area contributed by atoms with Gasteiger partial charge in [-0.2, -0.15) is 0 Å². The van der Waals surface area contributed by atoms with Crippen LogP contribution in [0.4, 0.5) is 0 Å². The molecule has 5 nitrogen and oxygen atoms in total. The van der Waals surface area contributed by atoms with E-state index in [-0.39, 0.29) is 5.60 Å². The van der Waals surface area contributed by atoms with Crippen molar-refractivity contribution in [2.45, 2.75) is 45.4 Å². The SMILES string of the molecule is COCCCN(Cc1cccn1C)C[C@H](O)COC(C)(C)C. The van der Waals surface area contributed by atoms with E-state index >= 15 is 0 Å². The van der Waals surface area contributed by atoms with Crippen LogP contribution in [0.3, 0.4) is 0 Å². The molecular formula is C17H32N2O3. The van der Waals surface area contributed by atoms with Crippen LogP contribution >= 0.6 is 0 Å². The Bertz CT molecular complexity index is 412. The van der Waals surface area contributed by atoms with Crippen molar-refractivity contribution >= 4 is 0 Å². The second-order valence-corrected chi connectivity index (χ2v) is 6.77. The van der Waals surface area contributed by atoms with Gasteiger partial charge >= 0.3 is 0 Å². The summed E-state index contributed by atoms with van der Waals surface area (Å²) in [5.74, 6) is 0. The van der Waals surface area contributed by atoms with E-state index in [2.05, 4.69) is 15.5 Å². The number of rotatable bonds is 10. The van der Waals surface area contributed by atoms with Gasteiger partial charge in [0.2, 0.25) is 0 Å². The molecule has 0 spiro atoms. The molecule has 0 aliphatic rings. The highest BCUT2D eigenvalue weighted by molar-refractivity contribution is 5.06. The highest BCUT2D eigenvalue weighted by Crippen LogP contribution is 2.10. The van der Waals surface area contributed by atoms with Gasteiger partial charge in [0.1, 0.15) is 0 Å². The first-order valence-electron chi connectivity index (χ1n) is 7.95. The van der Waals surface area contributed by atoms with E-state index in [1.54, 1.807) is 7.11 Å². The number of aliphatic hydroxyl groups is 1. The topological polar surface area (TPSA) is 46.9 Å². The Morgan fingerprint density at radius 1 is 1.36 bits per heavy atom. The van der Waals surface area contributed by atoms with Crippen LogP contribution in [0.15, 0.2) is 18.3 Å². The van der Waals surface area contributed by atoms with Crippen LogP contribution in [0, 0.1) is 0 Å². The summed E-state index contributed by atoms with van der Waals surface area (Å²) in [5.41, 5.74) is 1.02. The molecule has 128 valence electrons. The van der Waals surface area contributed by atoms with Gasteiger partial charge in [-0.15, -0.1) is 0 Å². The lowest BCUT2D eigenvalue weighted by molar-refractivity contribution is -0.0570. The lowest BCUT2D eigenvalue weighted by Gasteiger charge is -2.27. The van der Waals surface area contributed by atoms with Crippen molar-refractivity contribution in [3.05, 3.63) is 24.0 Å². The molecule has 0 amide bonds. The molecule has 1 aromatic rings. The van der Waals surface area contributed by atoms with Gasteiger partial charge in [-0.25, -0.2) is 0 Å². The Morgan fingerprint density at radius 2 is 2.09 bits per heavy atom. The monoisotopic (exact) mass is 312 g/mol. The summed E-state index contributed by atoms with van der Waals surface area (Å²) in [7, 11) is 3.76. The van der Waals surface area contributed by atoms with Crippen molar-refractivity contribution in [2.24, 2.45) is 7.05 Å². The quantitative estimate of drug-likeness (QED) is 0.672. The molecule has 1 N–H and O–H groups in total. The van der Waals surface area contributed by atoms with Crippen LogP contribution in [0.25, 0.3) is 0 Å². The fraction of sp³-hybridized carbons (Fsp3) is 0.765. The van der Waals surface area contributed by atoms with E-state index < -0.39 is 6.10 Å². The van der Waals surface area contributed by atoms with Gasteiger partial charge in [-0.1, -0.05) is 0 Å². The molecular weight excluding hydrogens is 280 g/mol. The van der Waals surface area contributed by atoms with Gasteiger partial charge < -0.3 is 19.1 Å². The summed E-state index contributed by atoms with van der Waals surface area (Å²) in [6.45, 7) is 9.41. The summed E-state index contributed by atoms with van der Waals surface area (Å²) >= 11 is 0. The minimum absolute atomic E-state index is 0.222. The molecule has 22 heavy (non-hydrogen) atoms. The Morgan fingerprint density at radius 3 is 2.64 bits per heavy atom. The van der Waals surface area contributed by atoms with Crippen molar-refractivity contribution < 1.29 is 14.6 Å². The molecule has 1 atom stereocenters. The van der Waals surface area contributed by atoms with Gasteiger partial charge in [0.25, 0.3) is 0 Å². The summed E-state index contributed by atoms with van der Waals surface area (Å²) < 4.78 is 12.9. The van der Waals surface area contributed by atoms with E-state index in [0.717, 1.165) is 26.1 Å². The standard InChI is InChI=1S/C17H32N2O3/c1-17(2,3)22-14-16(20)13-19(10-7-11-21-5)12-15-8-6-9-18(15)4/h6,8-9,16,20H,7,10-14H2,1-5H3/t16-/m0/s1. The van der Waals surface area contributed by atoms with E-state index in [1.165, 1.54) is 5.69 Å². The van der Waals surface area contributed by atoms with Crippen LogP contribution < -0.4 is 0 Å². The molecule has 0 unspecified atom stereocenters. The maximum atomic E-state index is 10.2. The summed E-state index contributed by atoms with van der Waals surface area (Å²) in [5, 5.41) is 10.2. The largest absolute Gasteiger partial charge is 0.389 e. The molecule has 0 aliphatic heterocycles. The summed E-state index contributed by atoms with van der Waals surface area (Å²) in [6, 6.07) is 4.16. The normalized spacial score (nSPS) is 13.8. The lowest BCUT2D eigenvalue weighted by Crippen LogP contribution is -2.37. The zero-order valence-electron chi connectivity index (χ0n) is 14.7. The van der Waals surface area contributed by atoms with Crippen molar-refractivity contribution in [1.82, 2.24) is 9.47 Å². The van der Waals surface area contributed by atoms with Crippen LogP contribution in [0.5, 0.6) is 0 Å². The van der Waals surface area contributed by atoms with Crippen molar-refractivity contribution in [3.63, 3.8) is 0 Å². The molecule has 0 aromatic carbocycles. The average molecular weight is 312 g/mol. The van der Waals surface area contributed by atoms with Gasteiger partial charge in [0, 0.05) is 52.3 Å². The molecule has 0 aliphatic carbocycles. The average Bonchev–Trinajstić information content (AvgIpc) is 2.81. The second-order valence-electron chi connectivity index (χ2n) is 6.77. The Kier molecular flexibility index (Phi) is 8.10. The molecule has 0 saturated heterocycles. The molecule has 1 rings (SSSR count). The number of methoxy groups -OCH3 is 1. The number of hydrogen-bond donors (Lipinski definition) is 1. The molecule has 0 saturated carbocycles. The molecule has 1 heterocycles. The third-order valence-corrected chi connectivity index (χ3v) is 3.44. The zero-order valence-corrected chi connectivity index (χ0v) is 14.7. The number of nitrogens with zero attached hydrogens (tertiary/aromatic N) is 2. The number of ether oxygens (including phenoxy) is 2. The van der Waals surface area contributed by atoms with Crippen molar-refractivity contribution in [2.75, 3.05) is 33.4 Å². The molecule has 0 radical (unpaired) electrons. The van der Waals surface area contributed by atoms with Crippen LogP contribution in [0.1, 0.15) is 32.9 Å². The minimum atomic E-state index is -0.484. The molecule has 0 bridgehead atoms.